The first kappa shape index (κ1) is 29.2. The van der Waals surface area contributed by atoms with Crippen molar-refractivity contribution in [3.05, 3.63) is 101 Å². The van der Waals surface area contributed by atoms with Crippen molar-refractivity contribution >= 4 is 22.4 Å². The van der Waals surface area contributed by atoms with Crippen molar-refractivity contribution < 1.29 is 4.79 Å². The van der Waals surface area contributed by atoms with Crippen molar-refractivity contribution in [2.24, 2.45) is 5.92 Å². The first-order chi connectivity index (χ1) is 21.1. The van der Waals surface area contributed by atoms with E-state index in [4.69, 9.17) is 0 Å². The van der Waals surface area contributed by atoms with Crippen LogP contribution in [0.25, 0.3) is 10.9 Å². The Morgan fingerprint density at radius 3 is 2.40 bits per heavy atom. The second kappa shape index (κ2) is 14.0. The smallest absolute Gasteiger partial charge is 0.162 e. The summed E-state index contributed by atoms with van der Waals surface area (Å²) in [5.41, 5.74) is 6.57. The molecule has 1 N–H and O–H groups in total. The number of fused-ring (bicyclic) bond motifs is 1. The van der Waals surface area contributed by atoms with Crippen LogP contribution < -0.4 is 4.90 Å². The highest BCUT2D eigenvalue weighted by Crippen LogP contribution is 2.25. The van der Waals surface area contributed by atoms with Crippen LogP contribution in [0.4, 0.5) is 5.69 Å². The average Bonchev–Trinajstić information content (AvgIpc) is 3.47. The first-order valence-corrected chi connectivity index (χ1v) is 16.0. The first-order valence-electron chi connectivity index (χ1n) is 16.0. The Labute approximate surface area is 255 Å². The zero-order chi connectivity index (χ0) is 29.4. The largest absolute Gasteiger partial charge is 0.369 e. The monoisotopic (exact) mass is 573 g/mol. The lowest BCUT2D eigenvalue weighted by molar-refractivity contribution is 0.0961. The van der Waals surface area contributed by atoms with E-state index in [0.29, 0.717) is 17.9 Å². The van der Waals surface area contributed by atoms with Crippen molar-refractivity contribution in [2.45, 2.75) is 45.1 Å². The summed E-state index contributed by atoms with van der Waals surface area (Å²) in [5.74, 6) is 0.937. The molecule has 6 rings (SSSR count). The van der Waals surface area contributed by atoms with Crippen molar-refractivity contribution in [3.8, 4) is 6.07 Å². The SMILES string of the molecule is N#Cc1ccc2[nH]cc(CCCN3CCN(c4ccc(C(=O)CCC5CCN(Cc6ccccc6)CC5)cc4)CC3)c2c1. The van der Waals surface area contributed by atoms with Gasteiger partial charge < -0.3 is 9.88 Å². The Hall–Kier alpha value is -3.92. The Balaban J connectivity index is 0.895. The summed E-state index contributed by atoms with van der Waals surface area (Å²) < 4.78 is 0. The van der Waals surface area contributed by atoms with Gasteiger partial charge in [-0.3, -0.25) is 14.6 Å². The van der Waals surface area contributed by atoms with Gasteiger partial charge in [0.15, 0.2) is 5.78 Å². The van der Waals surface area contributed by atoms with Crippen molar-refractivity contribution in [2.75, 3.05) is 50.7 Å². The summed E-state index contributed by atoms with van der Waals surface area (Å²) in [6, 6.07) is 27.2. The summed E-state index contributed by atoms with van der Waals surface area (Å²) in [4.78, 5) is 23.8. The standard InChI is InChI=1S/C37H43N5O/c38-26-31-8-14-36-35(25-31)33(27-39-36)7-4-18-40-21-23-42(24-22-40)34-12-10-32(11-13-34)37(43)15-9-29-16-19-41(20-17-29)28-30-5-2-1-3-6-30/h1-3,5-6,8,10-14,25,27,29,39H,4,7,9,15-24,28H2. The predicted octanol–water partition coefficient (Wildman–Crippen LogP) is 6.67. The molecule has 0 aliphatic carbocycles. The Bertz CT molecular complexity index is 1520. The number of aromatic amines is 1. The second-order valence-electron chi connectivity index (χ2n) is 12.3. The summed E-state index contributed by atoms with van der Waals surface area (Å²) in [7, 11) is 0. The maximum absolute atomic E-state index is 13.0. The highest BCUT2D eigenvalue weighted by molar-refractivity contribution is 5.96. The number of hydrogen-bond donors (Lipinski definition) is 1. The summed E-state index contributed by atoms with van der Waals surface area (Å²) in [5, 5.41) is 10.4. The van der Waals surface area contributed by atoms with E-state index in [2.05, 4.69) is 74.4 Å². The minimum atomic E-state index is 0.280. The third kappa shape index (κ3) is 7.54. The zero-order valence-corrected chi connectivity index (χ0v) is 25.2. The van der Waals surface area contributed by atoms with Crippen LogP contribution in [0.15, 0.2) is 79.0 Å². The van der Waals surface area contributed by atoms with Crippen molar-refractivity contribution in [1.29, 1.82) is 5.26 Å². The lowest BCUT2D eigenvalue weighted by Gasteiger charge is -2.36. The van der Waals surface area contributed by atoms with Gasteiger partial charge >= 0.3 is 0 Å². The molecule has 2 fully saturated rings. The molecule has 2 saturated heterocycles. The molecule has 222 valence electrons. The zero-order valence-electron chi connectivity index (χ0n) is 25.2. The summed E-state index contributed by atoms with van der Waals surface area (Å²) >= 11 is 0. The Kier molecular flexibility index (Phi) is 9.52. The van der Waals surface area contributed by atoms with E-state index in [1.54, 1.807) is 0 Å². The number of piperidine rings is 1. The number of benzene rings is 3. The van der Waals surface area contributed by atoms with Gasteiger partial charge in [-0.15, -0.1) is 0 Å². The average molecular weight is 574 g/mol. The molecule has 4 aromatic rings. The fourth-order valence-electron chi connectivity index (χ4n) is 6.79. The number of hydrogen-bond acceptors (Lipinski definition) is 5. The number of carbonyl (C=O) groups excluding carboxylic acids is 1. The minimum absolute atomic E-state index is 0.280. The molecule has 2 aliphatic rings. The van der Waals surface area contributed by atoms with Crippen LogP contribution in [-0.2, 0) is 13.0 Å². The molecule has 2 aliphatic heterocycles. The molecule has 0 radical (unpaired) electrons. The fraction of sp³-hybridized carbons (Fsp3) is 0.405. The third-order valence-electron chi connectivity index (χ3n) is 9.48. The van der Waals surface area contributed by atoms with Crippen LogP contribution >= 0.6 is 0 Å². The number of Topliss-reactive ketones (excluding diaryl/α,β-unsaturated/α-hetero) is 1. The fourth-order valence-corrected chi connectivity index (χ4v) is 6.79. The van der Waals surface area contributed by atoms with Gasteiger partial charge in [0.1, 0.15) is 0 Å². The van der Waals surface area contributed by atoms with E-state index in [1.165, 1.54) is 35.0 Å². The van der Waals surface area contributed by atoms with Gasteiger partial charge in [-0.1, -0.05) is 30.3 Å². The predicted molar refractivity (Wildman–Crippen MR) is 174 cm³/mol. The second-order valence-corrected chi connectivity index (χ2v) is 12.3. The molecular weight excluding hydrogens is 530 g/mol. The number of piperazine rings is 1. The van der Waals surface area contributed by atoms with Crippen LogP contribution in [0, 0.1) is 17.2 Å². The molecule has 0 saturated carbocycles. The molecule has 6 heteroatoms. The molecule has 3 heterocycles. The maximum atomic E-state index is 13.0. The van der Waals surface area contributed by atoms with Crippen LogP contribution in [-0.4, -0.2) is 66.4 Å². The Morgan fingerprint density at radius 2 is 1.65 bits per heavy atom. The van der Waals surface area contributed by atoms with E-state index in [0.717, 1.165) is 82.7 Å². The van der Waals surface area contributed by atoms with Crippen LogP contribution in [0.3, 0.4) is 0 Å². The summed E-state index contributed by atoms with van der Waals surface area (Å²) in [6.45, 7) is 8.50. The molecule has 0 unspecified atom stereocenters. The van der Waals surface area contributed by atoms with Gasteiger partial charge in [0.2, 0.25) is 0 Å². The molecule has 3 aromatic carbocycles. The van der Waals surface area contributed by atoms with Gasteiger partial charge in [-0.05, 0) is 111 Å². The number of anilines is 1. The van der Waals surface area contributed by atoms with Crippen molar-refractivity contribution in [1.82, 2.24) is 14.8 Å². The van der Waals surface area contributed by atoms with E-state index in [9.17, 15) is 10.1 Å². The lowest BCUT2D eigenvalue weighted by atomic mass is 9.90. The van der Waals surface area contributed by atoms with E-state index < -0.39 is 0 Å². The molecule has 0 bridgehead atoms. The highest BCUT2D eigenvalue weighted by atomic mass is 16.1. The van der Waals surface area contributed by atoms with Crippen LogP contribution in [0.5, 0.6) is 0 Å². The van der Waals surface area contributed by atoms with Crippen molar-refractivity contribution in [3.63, 3.8) is 0 Å². The number of likely N-dealkylation sites (tertiary alicyclic amines) is 1. The lowest BCUT2D eigenvalue weighted by Crippen LogP contribution is -2.46. The van der Waals surface area contributed by atoms with Gasteiger partial charge in [-0.25, -0.2) is 0 Å². The molecule has 1 aromatic heterocycles. The number of aromatic nitrogens is 1. The van der Waals surface area contributed by atoms with Crippen LogP contribution in [0.1, 0.15) is 59.2 Å². The van der Waals surface area contributed by atoms with Gasteiger partial charge in [0.05, 0.1) is 11.6 Å². The quantitative estimate of drug-likeness (QED) is 0.203. The number of nitrogens with zero attached hydrogens (tertiary/aromatic N) is 4. The normalized spacial score (nSPS) is 16.9. The van der Waals surface area contributed by atoms with Gasteiger partial charge in [0, 0.05) is 67.5 Å². The maximum Gasteiger partial charge on any atom is 0.162 e. The number of nitrogens with one attached hydrogen (secondary N) is 1. The highest BCUT2D eigenvalue weighted by Gasteiger charge is 2.21. The van der Waals surface area contributed by atoms with Gasteiger partial charge in [-0.2, -0.15) is 5.26 Å². The number of nitriles is 1. The molecule has 0 spiro atoms. The topological polar surface area (TPSA) is 66.4 Å². The number of rotatable bonds is 11. The van der Waals surface area contributed by atoms with E-state index in [-0.39, 0.29) is 5.78 Å². The molecular formula is C37H43N5O. The van der Waals surface area contributed by atoms with E-state index in [1.807, 2.05) is 30.3 Å². The number of ketones is 1. The van der Waals surface area contributed by atoms with Gasteiger partial charge in [0.25, 0.3) is 0 Å². The Morgan fingerprint density at radius 1 is 0.884 bits per heavy atom. The summed E-state index contributed by atoms with van der Waals surface area (Å²) in [6.07, 6.45) is 8.25. The number of H-pyrrole nitrogens is 1. The molecule has 0 atom stereocenters. The molecule has 0 amide bonds. The third-order valence-corrected chi connectivity index (χ3v) is 9.48. The molecule has 43 heavy (non-hydrogen) atoms. The number of aryl methyl sites for hydroxylation is 1. The van der Waals surface area contributed by atoms with Crippen LogP contribution in [0.2, 0.25) is 0 Å². The minimum Gasteiger partial charge on any atom is -0.369 e. The van der Waals surface area contributed by atoms with E-state index >= 15 is 0 Å². The molecule has 6 nitrogen and oxygen atoms in total. The number of carbonyl (C=O) groups is 1.